The zero-order valence-corrected chi connectivity index (χ0v) is 13.1. The number of benzene rings is 1. The third-order valence-corrected chi connectivity index (χ3v) is 3.49. The third-order valence-electron chi connectivity index (χ3n) is 3.49. The summed E-state index contributed by atoms with van der Waals surface area (Å²) in [5, 5.41) is 0. The van der Waals surface area contributed by atoms with Gasteiger partial charge in [-0.1, -0.05) is 19.9 Å². The molecule has 0 amide bonds. The normalized spacial score (nSPS) is 11.1. The van der Waals surface area contributed by atoms with Gasteiger partial charge in [-0.15, -0.1) is 0 Å². The van der Waals surface area contributed by atoms with E-state index in [1.165, 1.54) is 0 Å². The Hall–Kier alpha value is -2.17. The van der Waals surface area contributed by atoms with Crippen molar-refractivity contribution in [3.63, 3.8) is 0 Å². The molecule has 0 aliphatic carbocycles. The Bertz CT molecular complexity index is 683. The number of hydrogen-bond donors (Lipinski definition) is 1. The molecule has 0 aliphatic rings. The Morgan fingerprint density at radius 2 is 2.05 bits per heavy atom. The largest absolute Gasteiger partial charge is 0.497 e. The molecule has 0 saturated carbocycles. The zero-order chi connectivity index (χ0) is 15.6. The average Bonchev–Trinajstić information content (AvgIpc) is 2.71. The molecule has 2 N–H and O–H groups in total. The lowest BCUT2D eigenvalue weighted by atomic mass is 10.1. The molecular weight excluding hydrogens is 266 g/mol. The predicted molar refractivity (Wildman–Crippen MR) is 85.2 cm³/mol. The highest BCUT2D eigenvalue weighted by atomic mass is 16.5. The minimum atomic E-state index is -0.166. The second-order valence-corrected chi connectivity index (χ2v) is 5.49. The van der Waals surface area contributed by atoms with Gasteiger partial charge in [0, 0.05) is 12.6 Å². The van der Waals surface area contributed by atoms with Crippen LogP contribution in [0.4, 0.5) is 5.69 Å². The van der Waals surface area contributed by atoms with Crippen LogP contribution in [0, 0.1) is 5.92 Å². The molecule has 1 aromatic heterocycles. The summed E-state index contributed by atoms with van der Waals surface area (Å²) in [5.74, 6) is 1.15. The van der Waals surface area contributed by atoms with Gasteiger partial charge >= 0.3 is 0 Å². The molecule has 5 heteroatoms. The van der Waals surface area contributed by atoms with E-state index in [-0.39, 0.29) is 5.56 Å². The molecule has 0 spiro atoms. The summed E-state index contributed by atoms with van der Waals surface area (Å²) in [6.07, 6.45) is 0.784. The van der Waals surface area contributed by atoms with Crippen LogP contribution < -0.4 is 16.0 Å². The number of methoxy groups -OCH3 is 1. The molecule has 1 heterocycles. The van der Waals surface area contributed by atoms with E-state index in [0.29, 0.717) is 23.9 Å². The van der Waals surface area contributed by atoms with Crippen LogP contribution in [0.3, 0.4) is 0 Å². The average molecular weight is 289 g/mol. The minimum Gasteiger partial charge on any atom is -0.497 e. The molecule has 0 aliphatic heterocycles. The van der Waals surface area contributed by atoms with E-state index in [9.17, 15) is 4.79 Å². The first kappa shape index (κ1) is 15.2. The van der Waals surface area contributed by atoms with Crippen LogP contribution in [-0.4, -0.2) is 16.5 Å². The summed E-state index contributed by atoms with van der Waals surface area (Å²) in [6.45, 7) is 6.94. The van der Waals surface area contributed by atoms with Gasteiger partial charge in [-0.05, 0) is 31.4 Å². The quantitative estimate of drug-likeness (QED) is 0.919. The van der Waals surface area contributed by atoms with Crippen molar-refractivity contribution in [1.29, 1.82) is 0 Å². The monoisotopic (exact) mass is 289 g/mol. The Morgan fingerprint density at radius 1 is 1.33 bits per heavy atom. The summed E-state index contributed by atoms with van der Waals surface area (Å²) in [4.78, 5) is 12.5. The Labute approximate surface area is 124 Å². The van der Waals surface area contributed by atoms with Gasteiger partial charge in [0.15, 0.2) is 0 Å². The minimum absolute atomic E-state index is 0.166. The zero-order valence-electron chi connectivity index (χ0n) is 13.1. The number of ether oxygens (including phenoxy) is 1. The van der Waals surface area contributed by atoms with E-state index in [1.807, 2.05) is 35.9 Å². The molecule has 0 bridgehead atoms. The van der Waals surface area contributed by atoms with Gasteiger partial charge in [0.05, 0.1) is 18.5 Å². The van der Waals surface area contributed by atoms with Crippen LogP contribution in [0.5, 0.6) is 5.75 Å². The lowest BCUT2D eigenvalue weighted by molar-refractivity contribution is 0.414. The van der Waals surface area contributed by atoms with Crippen LogP contribution in [0.15, 0.2) is 29.1 Å². The predicted octanol–water partition coefficient (Wildman–Crippen LogP) is 2.45. The van der Waals surface area contributed by atoms with Crippen LogP contribution in [0.2, 0.25) is 0 Å². The van der Waals surface area contributed by atoms with Crippen molar-refractivity contribution < 1.29 is 4.74 Å². The molecule has 0 saturated heterocycles. The van der Waals surface area contributed by atoms with Crippen molar-refractivity contribution in [3.8, 4) is 11.4 Å². The van der Waals surface area contributed by atoms with Gasteiger partial charge in [0.2, 0.25) is 0 Å². The molecule has 21 heavy (non-hydrogen) atoms. The molecule has 0 atom stereocenters. The number of nitrogens with two attached hydrogens (primary N) is 1. The molecule has 0 fully saturated rings. The lowest BCUT2D eigenvalue weighted by Crippen LogP contribution is -2.22. The summed E-state index contributed by atoms with van der Waals surface area (Å²) in [5.41, 5.74) is 7.90. The van der Waals surface area contributed by atoms with Crippen molar-refractivity contribution >= 4 is 5.69 Å². The van der Waals surface area contributed by atoms with Gasteiger partial charge in [-0.3, -0.25) is 9.48 Å². The van der Waals surface area contributed by atoms with Crippen molar-refractivity contribution in [2.24, 2.45) is 5.92 Å². The molecule has 0 unspecified atom stereocenters. The fourth-order valence-corrected chi connectivity index (χ4v) is 2.54. The highest BCUT2D eigenvalue weighted by Crippen LogP contribution is 2.20. The van der Waals surface area contributed by atoms with Gasteiger partial charge in [-0.2, -0.15) is 0 Å². The molecule has 1 aromatic carbocycles. The first-order chi connectivity index (χ1) is 9.99. The first-order valence-corrected chi connectivity index (χ1v) is 7.24. The fourth-order valence-electron chi connectivity index (χ4n) is 2.54. The molecule has 114 valence electrons. The van der Waals surface area contributed by atoms with E-state index >= 15 is 0 Å². The van der Waals surface area contributed by atoms with E-state index in [2.05, 4.69) is 13.8 Å². The number of nitrogens with zero attached hydrogens (tertiary/aromatic N) is 2. The Kier molecular flexibility index (Phi) is 4.40. The first-order valence-electron chi connectivity index (χ1n) is 7.24. The van der Waals surface area contributed by atoms with E-state index < -0.39 is 0 Å². The second-order valence-electron chi connectivity index (χ2n) is 5.49. The number of rotatable bonds is 5. The number of hydrogen-bond acceptors (Lipinski definition) is 3. The highest BCUT2D eigenvalue weighted by Gasteiger charge is 2.18. The fraction of sp³-hybridized carbons (Fsp3) is 0.438. The van der Waals surface area contributed by atoms with Gasteiger partial charge in [-0.25, -0.2) is 4.68 Å². The van der Waals surface area contributed by atoms with E-state index in [0.717, 1.165) is 17.8 Å². The Morgan fingerprint density at radius 3 is 2.62 bits per heavy atom. The summed E-state index contributed by atoms with van der Waals surface area (Å²) < 4.78 is 8.82. The van der Waals surface area contributed by atoms with Gasteiger partial charge in [0.25, 0.3) is 5.56 Å². The van der Waals surface area contributed by atoms with Gasteiger partial charge < -0.3 is 10.5 Å². The van der Waals surface area contributed by atoms with Crippen molar-refractivity contribution in [2.45, 2.75) is 33.7 Å². The molecule has 2 rings (SSSR count). The van der Waals surface area contributed by atoms with E-state index in [1.54, 1.807) is 11.8 Å². The van der Waals surface area contributed by atoms with Crippen molar-refractivity contribution in [3.05, 3.63) is 40.3 Å². The van der Waals surface area contributed by atoms with Crippen LogP contribution in [-0.2, 0) is 13.0 Å². The summed E-state index contributed by atoms with van der Waals surface area (Å²) in [7, 11) is 1.61. The van der Waals surface area contributed by atoms with Crippen LogP contribution >= 0.6 is 0 Å². The van der Waals surface area contributed by atoms with Gasteiger partial charge in [0.1, 0.15) is 11.4 Å². The number of aromatic nitrogens is 2. The van der Waals surface area contributed by atoms with Crippen LogP contribution in [0.1, 0.15) is 26.5 Å². The third kappa shape index (κ3) is 2.82. The standard InChI is InChI=1S/C16H23N3O2/c1-5-18-14(9-11(2)3)15(17)16(20)19(18)12-7-6-8-13(10-12)21-4/h6-8,10-11H,5,9,17H2,1-4H3. The maximum absolute atomic E-state index is 12.5. The SMILES string of the molecule is CCn1c(CC(C)C)c(N)c(=O)n1-c1cccc(OC)c1. The summed E-state index contributed by atoms with van der Waals surface area (Å²) in [6, 6.07) is 7.44. The van der Waals surface area contributed by atoms with Crippen LogP contribution in [0.25, 0.3) is 5.69 Å². The smallest absolute Gasteiger partial charge is 0.294 e. The summed E-state index contributed by atoms with van der Waals surface area (Å²) >= 11 is 0. The molecule has 5 nitrogen and oxygen atoms in total. The maximum Gasteiger partial charge on any atom is 0.294 e. The van der Waals surface area contributed by atoms with E-state index in [4.69, 9.17) is 10.5 Å². The molecule has 0 radical (unpaired) electrons. The second kappa shape index (κ2) is 6.08. The molecule has 2 aromatic rings. The topological polar surface area (TPSA) is 62.2 Å². The molecular formula is C16H23N3O2. The van der Waals surface area contributed by atoms with Crippen molar-refractivity contribution in [1.82, 2.24) is 9.36 Å². The lowest BCUT2D eigenvalue weighted by Gasteiger charge is -2.14. The van der Waals surface area contributed by atoms with Crippen molar-refractivity contribution in [2.75, 3.05) is 12.8 Å². The highest BCUT2D eigenvalue weighted by molar-refractivity contribution is 5.47. The number of nitrogen functional groups attached to an aromatic ring is 1. The number of anilines is 1. The Balaban J connectivity index is 2.65. The maximum atomic E-state index is 12.5.